The van der Waals surface area contributed by atoms with E-state index >= 15 is 0 Å². The molecule has 1 amide bonds. The first kappa shape index (κ1) is 19.0. The number of ketones is 1. The largest absolute Gasteiger partial charge is 0.497 e. The lowest BCUT2D eigenvalue weighted by atomic mass is 9.84. The molecule has 0 unspecified atom stereocenters. The van der Waals surface area contributed by atoms with Crippen LogP contribution in [-0.2, 0) is 11.3 Å². The topological polar surface area (TPSA) is 73.9 Å². The van der Waals surface area contributed by atoms with E-state index in [1.807, 2.05) is 36.4 Å². The van der Waals surface area contributed by atoms with Crippen molar-refractivity contribution in [3.8, 4) is 17.2 Å². The predicted molar refractivity (Wildman–Crippen MR) is 110 cm³/mol. The van der Waals surface area contributed by atoms with Crippen LogP contribution in [0.4, 0.5) is 0 Å². The Bertz CT molecular complexity index is 996. The molecule has 30 heavy (non-hydrogen) atoms. The molecule has 6 heteroatoms. The van der Waals surface area contributed by atoms with Gasteiger partial charge in [0.15, 0.2) is 5.78 Å². The molecule has 6 nitrogen and oxygen atoms in total. The molecule has 2 aromatic rings. The number of benzene rings is 2. The van der Waals surface area contributed by atoms with Crippen molar-refractivity contribution in [2.75, 3.05) is 14.2 Å². The van der Waals surface area contributed by atoms with E-state index in [2.05, 4.69) is 5.32 Å². The van der Waals surface area contributed by atoms with Gasteiger partial charge in [-0.05, 0) is 48.6 Å². The number of carbonyl (C=O) groups is 2. The number of ether oxygens (including phenoxy) is 3. The van der Waals surface area contributed by atoms with Crippen molar-refractivity contribution >= 4 is 11.7 Å². The van der Waals surface area contributed by atoms with Gasteiger partial charge in [-0.25, -0.2) is 0 Å². The SMILES string of the molecule is COc1cc(CNC(=O)[C@@H]2[C@@H]3CC[C@]4(CC(=O)c5ccccc5O4)[C@H]32)cc(OC)c1. The molecule has 1 spiro atoms. The lowest BCUT2D eigenvalue weighted by molar-refractivity contribution is -0.124. The zero-order valence-corrected chi connectivity index (χ0v) is 17.1. The minimum absolute atomic E-state index is 0.0285. The fourth-order valence-electron chi connectivity index (χ4n) is 5.39. The molecule has 156 valence electrons. The lowest BCUT2D eigenvalue weighted by Crippen LogP contribution is -2.44. The van der Waals surface area contributed by atoms with Crippen LogP contribution in [0.3, 0.4) is 0 Å². The van der Waals surface area contributed by atoms with Gasteiger partial charge in [0, 0.05) is 24.4 Å². The predicted octanol–water partition coefficient (Wildman–Crippen LogP) is 3.38. The molecular formula is C24H25NO5. The normalized spacial score (nSPS) is 28.3. The molecule has 0 aromatic heterocycles. The first-order valence-corrected chi connectivity index (χ1v) is 10.4. The molecule has 1 N–H and O–H groups in total. The van der Waals surface area contributed by atoms with Crippen LogP contribution in [0.1, 0.15) is 35.2 Å². The second kappa shape index (κ2) is 7.04. The Morgan fingerprint density at radius 1 is 1.17 bits per heavy atom. The van der Waals surface area contributed by atoms with Crippen LogP contribution in [0.5, 0.6) is 17.2 Å². The molecule has 2 aromatic carbocycles. The molecule has 2 fully saturated rings. The van der Waals surface area contributed by atoms with Crippen LogP contribution in [0, 0.1) is 17.8 Å². The summed E-state index contributed by atoms with van der Waals surface area (Å²) in [6, 6.07) is 13.0. The Morgan fingerprint density at radius 2 is 1.90 bits per heavy atom. The number of nitrogens with one attached hydrogen (secondary N) is 1. The average molecular weight is 407 g/mol. The summed E-state index contributed by atoms with van der Waals surface area (Å²) in [7, 11) is 3.21. The molecule has 1 aliphatic heterocycles. The molecule has 3 aliphatic rings. The van der Waals surface area contributed by atoms with E-state index in [1.165, 1.54) is 0 Å². The van der Waals surface area contributed by atoms with Gasteiger partial charge in [0.05, 0.1) is 26.2 Å². The van der Waals surface area contributed by atoms with Crippen LogP contribution < -0.4 is 19.5 Å². The number of rotatable bonds is 5. The summed E-state index contributed by atoms with van der Waals surface area (Å²) >= 11 is 0. The third kappa shape index (κ3) is 3.02. The van der Waals surface area contributed by atoms with Crippen LogP contribution in [-0.4, -0.2) is 31.5 Å². The minimum Gasteiger partial charge on any atom is -0.497 e. The number of hydrogen-bond acceptors (Lipinski definition) is 5. The fraction of sp³-hybridized carbons (Fsp3) is 0.417. The minimum atomic E-state index is -0.530. The number of para-hydroxylation sites is 1. The zero-order chi connectivity index (χ0) is 20.9. The molecule has 5 rings (SSSR count). The number of Topliss-reactive ketones (excluding diaryl/α,β-unsaturated/α-hetero) is 1. The van der Waals surface area contributed by atoms with E-state index in [0.717, 1.165) is 18.4 Å². The van der Waals surface area contributed by atoms with Crippen molar-refractivity contribution in [2.24, 2.45) is 17.8 Å². The summed E-state index contributed by atoms with van der Waals surface area (Å²) in [6.45, 7) is 0.401. The number of amides is 1. The first-order chi connectivity index (χ1) is 14.5. The molecule has 0 bridgehead atoms. The Labute approximate surface area is 175 Å². The highest BCUT2D eigenvalue weighted by Crippen LogP contribution is 2.65. The van der Waals surface area contributed by atoms with Crippen molar-refractivity contribution in [1.82, 2.24) is 5.32 Å². The summed E-state index contributed by atoms with van der Waals surface area (Å²) < 4.78 is 17.0. The summed E-state index contributed by atoms with van der Waals surface area (Å²) in [6.07, 6.45) is 2.12. The van der Waals surface area contributed by atoms with Gasteiger partial charge >= 0.3 is 0 Å². The van der Waals surface area contributed by atoms with Crippen molar-refractivity contribution < 1.29 is 23.8 Å². The number of carbonyl (C=O) groups excluding carboxylic acids is 2. The van der Waals surface area contributed by atoms with Gasteiger partial charge in [0.2, 0.25) is 5.91 Å². The summed E-state index contributed by atoms with van der Waals surface area (Å²) in [5, 5.41) is 3.05. The van der Waals surface area contributed by atoms with Crippen LogP contribution >= 0.6 is 0 Å². The molecule has 2 saturated carbocycles. The lowest BCUT2D eigenvalue weighted by Gasteiger charge is -2.37. The van der Waals surface area contributed by atoms with Crippen molar-refractivity contribution in [1.29, 1.82) is 0 Å². The van der Waals surface area contributed by atoms with Crippen LogP contribution in [0.15, 0.2) is 42.5 Å². The standard InChI is InChI=1S/C24H25NO5/c1-28-15-9-14(10-16(11-15)29-2)13-25-23(27)21-18-7-8-24(22(18)21)12-19(26)17-5-3-4-6-20(17)30-24/h3-6,9-11,18,21-22H,7-8,12-13H2,1-2H3,(H,25,27)/t18-,21+,22+,24-/m0/s1. The van der Waals surface area contributed by atoms with E-state index in [1.54, 1.807) is 20.3 Å². The number of fused-ring (bicyclic) bond motifs is 3. The highest BCUT2D eigenvalue weighted by Gasteiger charge is 2.70. The average Bonchev–Trinajstić information content (AvgIpc) is 3.42. The van der Waals surface area contributed by atoms with Gasteiger partial charge in [-0.15, -0.1) is 0 Å². The number of methoxy groups -OCH3 is 2. The van der Waals surface area contributed by atoms with E-state index in [0.29, 0.717) is 41.7 Å². The maximum atomic E-state index is 12.9. The second-order valence-corrected chi connectivity index (χ2v) is 8.46. The van der Waals surface area contributed by atoms with Crippen molar-refractivity contribution in [3.05, 3.63) is 53.6 Å². The smallest absolute Gasteiger partial charge is 0.224 e. The maximum absolute atomic E-state index is 12.9. The summed E-state index contributed by atoms with van der Waals surface area (Å²) in [5.41, 5.74) is 1.04. The second-order valence-electron chi connectivity index (χ2n) is 8.46. The molecule has 0 saturated heterocycles. The van der Waals surface area contributed by atoms with Crippen LogP contribution in [0.25, 0.3) is 0 Å². The quantitative estimate of drug-likeness (QED) is 0.823. The Balaban J connectivity index is 1.28. The Kier molecular flexibility index (Phi) is 4.45. The van der Waals surface area contributed by atoms with Gasteiger partial charge in [-0.2, -0.15) is 0 Å². The number of hydrogen-bond donors (Lipinski definition) is 1. The van der Waals surface area contributed by atoms with E-state index in [4.69, 9.17) is 14.2 Å². The third-order valence-electron chi connectivity index (χ3n) is 6.82. The van der Waals surface area contributed by atoms with Crippen molar-refractivity contribution in [2.45, 2.75) is 31.4 Å². The monoisotopic (exact) mass is 407 g/mol. The molecule has 0 radical (unpaired) electrons. The first-order valence-electron chi connectivity index (χ1n) is 10.4. The van der Waals surface area contributed by atoms with Crippen molar-refractivity contribution in [3.63, 3.8) is 0 Å². The summed E-state index contributed by atoms with van der Waals surface area (Å²) in [4.78, 5) is 25.7. The maximum Gasteiger partial charge on any atom is 0.224 e. The Morgan fingerprint density at radius 3 is 2.63 bits per heavy atom. The highest BCUT2D eigenvalue weighted by atomic mass is 16.5. The van der Waals surface area contributed by atoms with Gasteiger partial charge in [0.1, 0.15) is 22.8 Å². The van der Waals surface area contributed by atoms with E-state index in [-0.39, 0.29) is 23.5 Å². The Hall–Kier alpha value is -3.02. The van der Waals surface area contributed by atoms with Gasteiger partial charge in [0.25, 0.3) is 0 Å². The molecule has 2 aliphatic carbocycles. The zero-order valence-electron chi connectivity index (χ0n) is 17.1. The van der Waals surface area contributed by atoms with Crippen LogP contribution in [0.2, 0.25) is 0 Å². The fourth-order valence-corrected chi connectivity index (χ4v) is 5.39. The van der Waals surface area contributed by atoms with E-state index in [9.17, 15) is 9.59 Å². The van der Waals surface area contributed by atoms with Gasteiger partial charge < -0.3 is 19.5 Å². The van der Waals surface area contributed by atoms with E-state index < -0.39 is 5.60 Å². The molecule has 1 heterocycles. The highest BCUT2D eigenvalue weighted by molar-refractivity contribution is 6.00. The van der Waals surface area contributed by atoms with Gasteiger partial charge in [-0.1, -0.05) is 12.1 Å². The molecular weight excluding hydrogens is 382 g/mol. The molecule has 4 atom stereocenters. The van der Waals surface area contributed by atoms with Gasteiger partial charge in [-0.3, -0.25) is 9.59 Å². The summed E-state index contributed by atoms with van der Waals surface area (Å²) in [5.74, 6) is 2.49. The third-order valence-corrected chi connectivity index (χ3v) is 6.82.